The Hall–Kier alpha value is -1.62. The predicted molar refractivity (Wildman–Crippen MR) is 65.1 cm³/mol. The lowest BCUT2D eigenvalue weighted by Gasteiger charge is -2.18. The Morgan fingerprint density at radius 2 is 2.24 bits per heavy atom. The van der Waals surface area contributed by atoms with Gasteiger partial charge in [0, 0.05) is 6.20 Å². The molecular weight excluding hydrogens is 220 g/mol. The average Bonchev–Trinajstić information content (AvgIpc) is 2.28. The number of aromatic carboxylic acids is 1. The van der Waals surface area contributed by atoms with Crippen molar-refractivity contribution in [2.24, 2.45) is 5.92 Å². The van der Waals surface area contributed by atoms with Gasteiger partial charge in [-0.3, -0.25) is 0 Å². The Balaban J connectivity index is 2.72. The SMILES string of the molecule is CC(C)CC(CO)Nc1cc(C(=O)O)ccn1. The summed E-state index contributed by atoms with van der Waals surface area (Å²) in [6, 6.07) is 2.79. The van der Waals surface area contributed by atoms with Crippen molar-refractivity contribution in [3.8, 4) is 0 Å². The molecule has 5 heteroatoms. The normalized spacial score (nSPS) is 12.5. The number of carboxylic acid groups (broad SMARTS) is 1. The number of anilines is 1. The van der Waals surface area contributed by atoms with E-state index in [1.54, 1.807) is 0 Å². The topological polar surface area (TPSA) is 82.5 Å². The van der Waals surface area contributed by atoms with E-state index in [1.165, 1.54) is 18.3 Å². The van der Waals surface area contributed by atoms with Crippen molar-refractivity contribution in [3.63, 3.8) is 0 Å². The molecule has 0 fully saturated rings. The first-order valence-electron chi connectivity index (χ1n) is 5.59. The van der Waals surface area contributed by atoms with Crippen molar-refractivity contribution >= 4 is 11.8 Å². The average molecular weight is 238 g/mol. The highest BCUT2D eigenvalue weighted by Gasteiger charge is 2.11. The number of aliphatic hydroxyl groups excluding tert-OH is 1. The molecule has 0 saturated carbocycles. The molecule has 17 heavy (non-hydrogen) atoms. The third kappa shape index (κ3) is 4.40. The Morgan fingerprint density at radius 3 is 2.76 bits per heavy atom. The Morgan fingerprint density at radius 1 is 1.53 bits per heavy atom. The van der Waals surface area contributed by atoms with Gasteiger partial charge in [0.25, 0.3) is 0 Å². The second-order valence-electron chi connectivity index (χ2n) is 4.39. The summed E-state index contributed by atoms with van der Waals surface area (Å²) in [4.78, 5) is 14.8. The second kappa shape index (κ2) is 6.20. The molecule has 0 saturated heterocycles. The molecule has 0 aromatic carbocycles. The van der Waals surface area contributed by atoms with E-state index in [9.17, 15) is 9.90 Å². The van der Waals surface area contributed by atoms with Crippen molar-refractivity contribution in [2.45, 2.75) is 26.3 Å². The third-order valence-electron chi connectivity index (χ3n) is 2.34. The molecule has 1 rings (SSSR count). The molecule has 1 atom stereocenters. The summed E-state index contributed by atoms with van der Waals surface area (Å²) in [6.45, 7) is 4.12. The Bertz CT molecular complexity index is 380. The summed E-state index contributed by atoms with van der Waals surface area (Å²) in [5.41, 5.74) is 0.184. The van der Waals surface area contributed by atoms with Gasteiger partial charge in [-0.05, 0) is 24.5 Å². The van der Waals surface area contributed by atoms with Crippen LogP contribution < -0.4 is 5.32 Å². The Kier molecular flexibility index (Phi) is 4.90. The van der Waals surface area contributed by atoms with Crippen LogP contribution in [0.15, 0.2) is 18.3 Å². The molecule has 1 unspecified atom stereocenters. The second-order valence-corrected chi connectivity index (χ2v) is 4.39. The first-order valence-corrected chi connectivity index (χ1v) is 5.59. The lowest BCUT2D eigenvalue weighted by atomic mass is 10.0. The summed E-state index contributed by atoms with van der Waals surface area (Å²) in [5, 5.41) is 21.1. The maximum atomic E-state index is 10.8. The first kappa shape index (κ1) is 13.4. The summed E-state index contributed by atoms with van der Waals surface area (Å²) in [6.07, 6.45) is 2.24. The van der Waals surface area contributed by atoms with Gasteiger partial charge >= 0.3 is 5.97 Å². The highest BCUT2D eigenvalue weighted by molar-refractivity contribution is 5.88. The molecule has 5 nitrogen and oxygen atoms in total. The third-order valence-corrected chi connectivity index (χ3v) is 2.34. The Labute approximate surface area is 101 Å². The standard InChI is InChI=1S/C12H18N2O3/c1-8(2)5-10(7-15)14-11-6-9(12(16)17)3-4-13-11/h3-4,6,8,10,15H,5,7H2,1-2H3,(H,13,14)(H,16,17). The molecule has 0 aliphatic carbocycles. The van der Waals surface area contributed by atoms with Gasteiger partial charge in [0.1, 0.15) is 5.82 Å². The first-order chi connectivity index (χ1) is 8.02. The van der Waals surface area contributed by atoms with Crippen LogP contribution in [0.1, 0.15) is 30.6 Å². The van der Waals surface area contributed by atoms with Crippen LogP contribution >= 0.6 is 0 Å². The summed E-state index contributed by atoms with van der Waals surface area (Å²) >= 11 is 0. The molecule has 0 aliphatic rings. The molecule has 0 bridgehead atoms. The van der Waals surface area contributed by atoms with E-state index in [2.05, 4.69) is 24.1 Å². The van der Waals surface area contributed by atoms with Crippen molar-refractivity contribution in [1.82, 2.24) is 4.98 Å². The zero-order valence-electron chi connectivity index (χ0n) is 10.1. The molecule has 0 aliphatic heterocycles. The maximum absolute atomic E-state index is 10.8. The van der Waals surface area contributed by atoms with Gasteiger partial charge in [0.15, 0.2) is 0 Å². The van der Waals surface area contributed by atoms with E-state index < -0.39 is 5.97 Å². The number of aromatic nitrogens is 1. The molecule has 0 amide bonds. The van der Waals surface area contributed by atoms with E-state index in [0.717, 1.165) is 6.42 Å². The number of carbonyl (C=O) groups is 1. The van der Waals surface area contributed by atoms with Crippen LogP contribution in [0, 0.1) is 5.92 Å². The zero-order valence-corrected chi connectivity index (χ0v) is 10.1. The number of carboxylic acids is 1. The number of hydrogen-bond donors (Lipinski definition) is 3. The van der Waals surface area contributed by atoms with Crippen molar-refractivity contribution < 1.29 is 15.0 Å². The molecule has 1 heterocycles. The van der Waals surface area contributed by atoms with Crippen LogP contribution in [0.2, 0.25) is 0 Å². The molecule has 1 aromatic rings. The number of aliphatic hydroxyl groups is 1. The van der Waals surface area contributed by atoms with Gasteiger partial charge in [-0.1, -0.05) is 13.8 Å². The van der Waals surface area contributed by atoms with Crippen LogP contribution in [-0.2, 0) is 0 Å². The monoisotopic (exact) mass is 238 g/mol. The van der Waals surface area contributed by atoms with Gasteiger partial charge in [-0.25, -0.2) is 9.78 Å². The quantitative estimate of drug-likeness (QED) is 0.701. The van der Waals surface area contributed by atoms with Gasteiger partial charge in [-0.2, -0.15) is 0 Å². The van der Waals surface area contributed by atoms with Crippen molar-refractivity contribution in [3.05, 3.63) is 23.9 Å². The number of nitrogens with one attached hydrogen (secondary N) is 1. The van der Waals surface area contributed by atoms with Crippen molar-refractivity contribution in [2.75, 3.05) is 11.9 Å². The maximum Gasteiger partial charge on any atom is 0.335 e. The number of nitrogens with zero attached hydrogens (tertiary/aromatic N) is 1. The van der Waals surface area contributed by atoms with E-state index >= 15 is 0 Å². The van der Waals surface area contributed by atoms with Crippen LogP contribution in [0.25, 0.3) is 0 Å². The fourth-order valence-corrected chi connectivity index (χ4v) is 1.60. The lowest BCUT2D eigenvalue weighted by molar-refractivity contribution is 0.0697. The molecule has 0 spiro atoms. The summed E-state index contributed by atoms with van der Waals surface area (Å²) in [5.74, 6) is -0.0632. The minimum absolute atomic E-state index is 0.00282. The number of pyridine rings is 1. The van der Waals surface area contributed by atoms with Crippen LogP contribution in [0.4, 0.5) is 5.82 Å². The minimum atomic E-state index is -0.986. The zero-order chi connectivity index (χ0) is 12.8. The molecule has 0 radical (unpaired) electrons. The molecule has 3 N–H and O–H groups in total. The fourth-order valence-electron chi connectivity index (χ4n) is 1.60. The predicted octanol–water partition coefficient (Wildman–Crippen LogP) is 1.60. The highest BCUT2D eigenvalue weighted by Crippen LogP contribution is 2.12. The number of hydrogen-bond acceptors (Lipinski definition) is 4. The van der Waals surface area contributed by atoms with E-state index in [0.29, 0.717) is 11.7 Å². The largest absolute Gasteiger partial charge is 0.478 e. The smallest absolute Gasteiger partial charge is 0.335 e. The summed E-state index contributed by atoms with van der Waals surface area (Å²) < 4.78 is 0. The van der Waals surface area contributed by atoms with E-state index in [4.69, 9.17) is 5.11 Å². The van der Waals surface area contributed by atoms with Gasteiger partial charge in [-0.15, -0.1) is 0 Å². The van der Waals surface area contributed by atoms with E-state index in [1.807, 2.05) is 0 Å². The number of rotatable bonds is 6. The fraction of sp³-hybridized carbons (Fsp3) is 0.500. The molecule has 94 valence electrons. The molecular formula is C12H18N2O3. The van der Waals surface area contributed by atoms with Crippen molar-refractivity contribution in [1.29, 1.82) is 0 Å². The summed E-state index contributed by atoms with van der Waals surface area (Å²) in [7, 11) is 0. The highest BCUT2D eigenvalue weighted by atomic mass is 16.4. The van der Waals surface area contributed by atoms with Crippen LogP contribution in [0.5, 0.6) is 0 Å². The van der Waals surface area contributed by atoms with E-state index in [-0.39, 0.29) is 18.2 Å². The van der Waals surface area contributed by atoms with Gasteiger partial charge in [0.05, 0.1) is 18.2 Å². The molecule has 1 aromatic heterocycles. The minimum Gasteiger partial charge on any atom is -0.478 e. The van der Waals surface area contributed by atoms with Crippen LogP contribution in [-0.4, -0.2) is 33.8 Å². The van der Waals surface area contributed by atoms with Gasteiger partial charge < -0.3 is 15.5 Å². The lowest BCUT2D eigenvalue weighted by Crippen LogP contribution is -2.26. The van der Waals surface area contributed by atoms with Crippen LogP contribution in [0.3, 0.4) is 0 Å². The van der Waals surface area contributed by atoms with Gasteiger partial charge in [0.2, 0.25) is 0 Å².